The Labute approximate surface area is 96.9 Å². The number of aryl methyl sites for hydroxylation is 1. The summed E-state index contributed by atoms with van der Waals surface area (Å²) in [6, 6.07) is 6.60. The Morgan fingerprint density at radius 3 is 2.50 bits per heavy atom. The fourth-order valence-corrected chi connectivity index (χ4v) is 2.43. The summed E-state index contributed by atoms with van der Waals surface area (Å²) in [5, 5.41) is 8.57. The lowest BCUT2D eigenvalue weighted by atomic mass is 10.2. The number of rotatable bonds is 5. The van der Waals surface area contributed by atoms with Crippen LogP contribution in [0.1, 0.15) is 11.1 Å². The molecule has 2 atom stereocenters. The summed E-state index contributed by atoms with van der Waals surface area (Å²) >= 11 is 0. The Bertz CT molecular complexity index is 389. The number of carboxylic acid groups (broad SMARTS) is 1. The molecule has 4 nitrogen and oxygen atoms in total. The summed E-state index contributed by atoms with van der Waals surface area (Å²) in [6.07, 6.45) is 0. The third kappa shape index (κ3) is 4.12. The largest absolute Gasteiger partial charge is 0.480 e. The summed E-state index contributed by atoms with van der Waals surface area (Å²) in [7, 11) is -1.23. The van der Waals surface area contributed by atoms with Crippen LogP contribution in [0.15, 0.2) is 24.3 Å². The molecule has 88 valence electrons. The minimum atomic E-state index is -1.23. The molecule has 0 saturated heterocycles. The molecule has 5 heteroatoms. The molecule has 0 bridgehead atoms. The van der Waals surface area contributed by atoms with Gasteiger partial charge in [0.1, 0.15) is 6.04 Å². The number of benzene rings is 1. The van der Waals surface area contributed by atoms with Crippen molar-refractivity contribution in [3.8, 4) is 0 Å². The molecular weight excluding hydrogens is 226 g/mol. The Kier molecular flexibility index (Phi) is 4.64. The molecule has 16 heavy (non-hydrogen) atoms. The van der Waals surface area contributed by atoms with Gasteiger partial charge in [-0.25, -0.2) is 0 Å². The molecule has 0 aromatic heterocycles. The van der Waals surface area contributed by atoms with Gasteiger partial charge in [-0.3, -0.25) is 9.00 Å². The van der Waals surface area contributed by atoms with E-state index in [4.69, 9.17) is 10.8 Å². The van der Waals surface area contributed by atoms with Gasteiger partial charge in [-0.1, -0.05) is 29.8 Å². The van der Waals surface area contributed by atoms with E-state index in [0.717, 1.165) is 11.1 Å². The van der Waals surface area contributed by atoms with Crippen molar-refractivity contribution in [1.29, 1.82) is 0 Å². The van der Waals surface area contributed by atoms with Crippen LogP contribution in [-0.4, -0.2) is 27.1 Å². The van der Waals surface area contributed by atoms with Gasteiger partial charge in [0.25, 0.3) is 0 Å². The topological polar surface area (TPSA) is 80.4 Å². The number of hydrogen-bond donors (Lipinski definition) is 2. The molecule has 0 spiro atoms. The van der Waals surface area contributed by atoms with Gasteiger partial charge in [-0.15, -0.1) is 0 Å². The fraction of sp³-hybridized carbons (Fsp3) is 0.364. The van der Waals surface area contributed by atoms with Crippen molar-refractivity contribution in [2.24, 2.45) is 5.73 Å². The predicted octanol–water partition coefficient (Wildman–Crippen LogP) is 0.656. The quantitative estimate of drug-likeness (QED) is 0.793. The highest BCUT2D eigenvalue weighted by molar-refractivity contribution is 7.84. The SMILES string of the molecule is Cc1ccc(CS(=O)C[C@H](N)C(=O)O)cc1. The maximum Gasteiger partial charge on any atom is 0.321 e. The second-order valence-corrected chi connectivity index (χ2v) is 5.18. The standard InChI is InChI=1S/C11H15NO3S/c1-8-2-4-9(5-3-8)6-16(15)7-10(12)11(13)14/h2-5,10H,6-7,12H2,1H3,(H,13,14)/t10-,16?/m0/s1. The molecule has 0 aliphatic carbocycles. The van der Waals surface area contributed by atoms with Crippen molar-refractivity contribution < 1.29 is 14.1 Å². The van der Waals surface area contributed by atoms with E-state index in [-0.39, 0.29) is 5.75 Å². The summed E-state index contributed by atoms with van der Waals surface area (Å²) in [4.78, 5) is 10.5. The lowest BCUT2D eigenvalue weighted by Crippen LogP contribution is -2.35. The van der Waals surface area contributed by atoms with E-state index in [1.54, 1.807) is 0 Å². The number of hydrogen-bond acceptors (Lipinski definition) is 3. The van der Waals surface area contributed by atoms with Crippen LogP contribution < -0.4 is 5.73 Å². The van der Waals surface area contributed by atoms with Crippen molar-refractivity contribution in [2.75, 3.05) is 5.75 Å². The van der Waals surface area contributed by atoms with Gasteiger partial charge in [0.2, 0.25) is 0 Å². The minimum absolute atomic E-state index is 0.0107. The molecule has 0 fully saturated rings. The molecule has 1 aromatic rings. The molecule has 0 amide bonds. The molecule has 0 saturated carbocycles. The van der Waals surface area contributed by atoms with E-state index in [2.05, 4.69) is 0 Å². The molecule has 0 heterocycles. The zero-order valence-corrected chi connectivity index (χ0v) is 9.87. The minimum Gasteiger partial charge on any atom is -0.480 e. The van der Waals surface area contributed by atoms with Gasteiger partial charge in [-0.05, 0) is 12.5 Å². The first-order valence-electron chi connectivity index (χ1n) is 4.88. The first-order valence-corrected chi connectivity index (χ1v) is 6.36. The van der Waals surface area contributed by atoms with E-state index in [1.165, 1.54) is 0 Å². The van der Waals surface area contributed by atoms with E-state index in [9.17, 15) is 9.00 Å². The maximum atomic E-state index is 11.6. The van der Waals surface area contributed by atoms with Gasteiger partial charge in [0, 0.05) is 22.3 Å². The van der Waals surface area contributed by atoms with Gasteiger partial charge in [0.15, 0.2) is 0 Å². The molecule has 0 radical (unpaired) electrons. The first kappa shape index (κ1) is 12.9. The van der Waals surface area contributed by atoms with E-state index in [1.807, 2.05) is 31.2 Å². The number of aliphatic carboxylic acids is 1. The zero-order valence-electron chi connectivity index (χ0n) is 9.05. The lowest BCUT2D eigenvalue weighted by Gasteiger charge is -2.06. The second kappa shape index (κ2) is 5.77. The highest BCUT2D eigenvalue weighted by Gasteiger charge is 2.15. The van der Waals surface area contributed by atoms with Crippen LogP contribution in [0.2, 0.25) is 0 Å². The van der Waals surface area contributed by atoms with Gasteiger partial charge < -0.3 is 10.8 Å². The summed E-state index contributed by atoms with van der Waals surface area (Å²) < 4.78 is 11.6. The average molecular weight is 241 g/mol. The van der Waals surface area contributed by atoms with Crippen LogP contribution in [0.5, 0.6) is 0 Å². The zero-order chi connectivity index (χ0) is 12.1. The molecule has 3 N–H and O–H groups in total. The van der Waals surface area contributed by atoms with Crippen LogP contribution in [-0.2, 0) is 21.3 Å². The van der Waals surface area contributed by atoms with Gasteiger partial charge >= 0.3 is 5.97 Å². The van der Waals surface area contributed by atoms with Crippen molar-refractivity contribution in [3.05, 3.63) is 35.4 Å². The maximum absolute atomic E-state index is 11.6. The van der Waals surface area contributed by atoms with E-state index in [0.29, 0.717) is 5.75 Å². The number of carboxylic acids is 1. The highest BCUT2D eigenvalue weighted by atomic mass is 32.2. The Balaban J connectivity index is 2.52. The number of nitrogens with two attached hydrogens (primary N) is 1. The normalized spacial score (nSPS) is 14.4. The third-order valence-electron chi connectivity index (χ3n) is 2.13. The van der Waals surface area contributed by atoms with Crippen molar-refractivity contribution in [3.63, 3.8) is 0 Å². The Morgan fingerprint density at radius 2 is 2.00 bits per heavy atom. The molecule has 1 aromatic carbocycles. The van der Waals surface area contributed by atoms with Crippen molar-refractivity contribution >= 4 is 16.8 Å². The first-order chi connectivity index (χ1) is 7.49. The average Bonchev–Trinajstić information content (AvgIpc) is 2.21. The van der Waals surface area contributed by atoms with Gasteiger partial charge in [0.05, 0.1) is 0 Å². The lowest BCUT2D eigenvalue weighted by molar-refractivity contribution is -0.137. The second-order valence-electron chi connectivity index (χ2n) is 3.68. The van der Waals surface area contributed by atoms with Crippen LogP contribution in [0.4, 0.5) is 0 Å². The molecule has 0 aliphatic rings. The Morgan fingerprint density at radius 1 is 1.44 bits per heavy atom. The predicted molar refractivity (Wildman–Crippen MR) is 63.5 cm³/mol. The van der Waals surface area contributed by atoms with Crippen LogP contribution in [0, 0.1) is 6.92 Å². The molecule has 1 rings (SSSR count). The molecule has 0 aliphatic heterocycles. The third-order valence-corrected chi connectivity index (χ3v) is 3.52. The van der Waals surface area contributed by atoms with E-state index < -0.39 is 22.8 Å². The van der Waals surface area contributed by atoms with E-state index >= 15 is 0 Å². The Hall–Kier alpha value is -1.20. The van der Waals surface area contributed by atoms with Crippen LogP contribution in [0.3, 0.4) is 0 Å². The van der Waals surface area contributed by atoms with Gasteiger partial charge in [-0.2, -0.15) is 0 Å². The highest BCUT2D eigenvalue weighted by Crippen LogP contribution is 2.06. The van der Waals surface area contributed by atoms with Crippen LogP contribution >= 0.6 is 0 Å². The molecular formula is C11H15NO3S. The molecule has 1 unspecified atom stereocenters. The number of carbonyl (C=O) groups is 1. The summed E-state index contributed by atoms with van der Waals surface area (Å²) in [5.74, 6) is -0.776. The monoisotopic (exact) mass is 241 g/mol. The fourth-order valence-electron chi connectivity index (χ4n) is 1.20. The van der Waals surface area contributed by atoms with Crippen molar-refractivity contribution in [2.45, 2.75) is 18.7 Å². The smallest absolute Gasteiger partial charge is 0.321 e. The van der Waals surface area contributed by atoms with Crippen molar-refractivity contribution in [1.82, 2.24) is 0 Å². The summed E-state index contributed by atoms with van der Waals surface area (Å²) in [6.45, 7) is 1.97. The summed E-state index contributed by atoms with van der Waals surface area (Å²) in [5.41, 5.74) is 7.37. The van der Waals surface area contributed by atoms with Crippen LogP contribution in [0.25, 0.3) is 0 Å².